The van der Waals surface area contributed by atoms with Crippen LogP contribution in [0.4, 0.5) is 11.4 Å². The van der Waals surface area contributed by atoms with Gasteiger partial charge in [0.25, 0.3) is 0 Å². The predicted octanol–water partition coefficient (Wildman–Crippen LogP) is 4.29. The second kappa shape index (κ2) is 8.95. The SMILES string of the molecule is CCOc1ccc(N([C@H](C)C(=O)Nc2ccc(Br)c(Cl)c2)S(C)(=O)=O)cc1. The number of sulfonamides is 1. The first-order valence-corrected chi connectivity index (χ1v) is 11.1. The molecule has 0 aliphatic carbocycles. The van der Waals surface area contributed by atoms with Gasteiger partial charge in [-0.25, -0.2) is 8.42 Å². The van der Waals surface area contributed by atoms with Crippen LogP contribution in [0.5, 0.6) is 5.75 Å². The molecule has 2 aromatic carbocycles. The van der Waals surface area contributed by atoms with Gasteiger partial charge in [-0.1, -0.05) is 11.6 Å². The number of hydrogen-bond donors (Lipinski definition) is 1. The standard InChI is InChI=1S/C18H20BrClN2O4S/c1-4-26-15-8-6-14(7-9-15)22(27(3,24)25)12(2)18(23)21-13-5-10-16(19)17(20)11-13/h5-12H,4H2,1-3H3,(H,21,23)/t12-/m1/s1. The van der Waals surface area contributed by atoms with Crippen LogP contribution in [0.25, 0.3) is 0 Å². The summed E-state index contributed by atoms with van der Waals surface area (Å²) in [5, 5.41) is 3.13. The Bertz CT molecular complexity index is 919. The number of benzene rings is 2. The molecular formula is C18H20BrClN2O4S. The molecule has 0 aliphatic rings. The molecule has 0 bridgehead atoms. The van der Waals surface area contributed by atoms with Gasteiger partial charge in [0.2, 0.25) is 15.9 Å². The van der Waals surface area contributed by atoms with Crippen molar-refractivity contribution in [2.75, 3.05) is 22.5 Å². The van der Waals surface area contributed by atoms with Crippen molar-refractivity contribution in [1.29, 1.82) is 0 Å². The van der Waals surface area contributed by atoms with Crippen LogP contribution in [0.1, 0.15) is 13.8 Å². The van der Waals surface area contributed by atoms with Crippen LogP contribution in [0.15, 0.2) is 46.9 Å². The van der Waals surface area contributed by atoms with Gasteiger partial charge >= 0.3 is 0 Å². The highest BCUT2D eigenvalue weighted by Crippen LogP contribution is 2.27. The normalized spacial score (nSPS) is 12.3. The summed E-state index contributed by atoms with van der Waals surface area (Å²) in [6.45, 7) is 3.88. The molecule has 0 radical (unpaired) electrons. The lowest BCUT2D eigenvalue weighted by molar-refractivity contribution is -0.116. The van der Waals surface area contributed by atoms with Crippen molar-refractivity contribution in [1.82, 2.24) is 0 Å². The maximum atomic E-state index is 12.6. The van der Waals surface area contributed by atoms with Gasteiger partial charge in [-0.3, -0.25) is 9.10 Å². The molecular weight excluding hydrogens is 456 g/mol. The summed E-state index contributed by atoms with van der Waals surface area (Å²) in [5.41, 5.74) is 0.845. The van der Waals surface area contributed by atoms with Crippen LogP contribution >= 0.6 is 27.5 Å². The minimum atomic E-state index is -3.70. The highest BCUT2D eigenvalue weighted by atomic mass is 79.9. The van der Waals surface area contributed by atoms with E-state index in [1.807, 2.05) is 6.92 Å². The number of rotatable bonds is 7. The van der Waals surface area contributed by atoms with Crippen molar-refractivity contribution in [3.05, 3.63) is 52.0 Å². The topological polar surface area (TPSA) is 75.7 Å². The zero-order chi connectivity index (χ0) is 20.2. The maximum Gasteiger partial charge on any atom is 0.247 e. The quantitative estimate of drug-likeness (QED) is 0.648. The third-order valence-electron chi connectivity index (χ3n) is 3.68. The molecule has 2 aromatic rings. The zero-order valence-corrected chi connectivity index (χ0v) is 18.2. The molecule has 0 aromatic heterocycles. The molecule has 0 aliphatic heterocycles. The van der Waals surface area contributed by atoms with Gasteiger partial charge in [0.15, 0.2) is 0 Å². The van der Waals surface area contributed by atoms with Gasteiger partial charge < -0.3 is 10.1 Å². The summed E-state index contributed by atoms with van der Waals surface area (Å²) in [7, 11) is -3.70. The molecule has 1 amide bonds. The lowest BCUT2D eigenvalue weighted by atomic mass is 10.2. The fraction of sp³-hybridized carbons (Fsp3) is 0.278. The smallest absolute Gasteiger partial charge is 0.247 e. The van der Waals surface area contributed by atoms with Crippen molar-refractivity contribution in [2.24, 2.45) is 0 Å². The molecule has 9 heteroatoms. The monoisotopic (exact) mass is 474 g/mol. The molecule has 1 atom stereocenters. The first-order chi connectivity index (χ1) is 12.6. The summed E-state index contributed by atoms with van der Waals surface area (Å²) in [6, 6.07) is 10.5. The van der Waals surface area contributed by atoms with E-state index in [2.05, 4.69) is 21.2 Å². The van der Waals surface area contributed by atoms with Gasteiger partial charge in [-0.2, -0.15) is 0 Å². The maximum absolute atomic E-state index is 12.6. The van der Waals surface area contributed by atoms with Crippen LogP contribution in [-0.4, -0.2) is 33.2 Å². The van der Waals surface area contributed by atoms with Gasteiger partial charge in [0.05, 0.1) is 23.6 Å². The Morgan fingerprint density at radius 3 is 2.41 bits per heavy atom. The van der Waals surface area contributed by atoms with Crippen molar-refractivity contribution >= 4 is 54.8 Å². The van der Waals surface area contributed by atoms with Crippen LogP contribution < -0.4 is 14.4 Å². The van der Waals surface area contributed by atoms with Crippen LogP contribution in [-0.2, 0) is 14.8 Å². The van der Waals surface area contributed by atoms with Gasteiger partial charge in [0.1, 0.15) is 11.8 Å². The highest BCUT2D eigenvalue weighted by Gasteiger charge is 2.29. The van der Waals surface area contributed by atoms with Crippen molar-refractivity contribution in [3.8, 4) is 5.75 Å². The van der Waals surface area contributed by atoms with E-state index in [0.717, 1.165) is 10.6 Å². The number of amides is 1. The van der Waals surface area contributed by atoms with Crippen LogP contribution in [0, 0.1) is 0 Å². The van der Waals surface area contributed by atoms with Crippen LogP contribution in [0.3, 0.4) is 0 Å². The fourth-order valence-electron chi connectivity index (χ4n) is 2.49. The van der Waals surface area contributed by atoms with Crippen molar-refractivity contribution < 1.29 is 17.9 Å². The minimum absolute atomic E-state index is 0.373. The first kappa shape index (κ1) is 21.5. The van der Waals surface area contributed by atoms with Crippen molar-refractivity contribution in [3.63, 3.8) is 0 Å². The van der Waals surface area contributed by atoms with E-state index >= 15 is 0 Å². The summed E-state index contributed by atoms with van der Waals surface area (Å²) < 4.78 is 31.8. The molecule has 146 valence electrons. The van der Waals surface area contributed by atoms with E-state index in [1.165, 1.54) is 6.92 Å². The van der Waals surface area contributed by atoms with E-state index in [9.17, 15) is 13.2 Å². The molecule has 0 saturated heterocycles. The van der Waals surface area contributed by atoms with E-state index < -0.39 is 22.0 Å². The Kier molecular flexibility index (Phi) is 7.13. The molecule has 0 fully saturated rings. The lowest BCUT2D eigenvalue weighted by Crippen LogP contribution is -2.45. The Balaban J connectivity index is 2.27. The Morgan fingerprint density at radius 2 is 1.89 bits per heavy atom. The van der Waals surface area contributed by atoms with Gasteiger partial charge in [-0.05, 0) is 72.2 Å². The summed E-state index contributed by atoms with van der Waals surface area (Å²) in [6.07, 6.45) is 1.06. The molecule has 0 unspecified atom stereocenters. The number of nitrogens with one attached hydrogen (secondary N) is 1. The highest BCUT2D eigenvalue weighted by molar-refractivity contribution is 9.10. The third kappa shape index (κ3) is 5.60. The van der Waals surface area contributed by atoms with Gasteiger partial charge in [0, 0.05) is 10.2 Å². The average molecular weight is 476 g/mol. The zero-order valence-electron chi connectivity index (χ0n) is 15.1. The first-order valence-electron chi connectivity index (χ1n) is 8.11. The average Bonchev–Trinajstić information content (AvgIpc) is 2.59. The van der Waals surface area contributed by atoms with Crippen molar-refractivity contribution in [2.45, 2.75) is 19.9 Å². The minimum Gasteiger partial charge on any atom is -0.494 e. The number of ether oxygens (including phenoxy) is 1. The molecule has 1 N–H and O–H groups in total. The number of nitrogens with zero attached hydrogens (tertiary/aromatic N) is 1. The van der Waals surface area contributed by atoms with Crippen LogP contribution in [0.2, 0.25) is 5.02 Å². The number of hydrogen-bond acceptors (Lipinski definition) is 4. The molecule has 2 rings (SSSR count). The fourth-order valence-corrected chi connectivity index (χ4v) is 4.09. The number of halogens is 2. The predicted molar refractivity (Wildman–Crippen MR) is 112 cm³/mol. The lowest BCUT2D eigenvalue weighted by Gasteiger charge is -2.28. The van der Waals surface area contributed by atoms with E-state index in [1.54, 1.807) is 42.5 Å². The largest absolute Gasteiger partial charge is 0.494 e. The number of carbonyl (C=O) groups is 1. The van der Waals surface area contributed by atoms with E-state index in [0.29, 0.717) is 33.2 Å². The summed E-state index contributed by atoms with van der Waals surface area (Å²) in [5.74, 6) is 0.143. The molecule has 0 saturated carbocycles. The Labute approximate surface area is 172 Å². The molecule has 0 spiro atoms. The second-order valence-corrected chi connectivity index (χ2v) is 8.90. The third-order valence-corrected chi connectivity index (χ3v) is 6.15. The molecule has 27 heavy (non-hydrogen) atoms. The van der Waals surface area contributed by atoms with E-state index in [-0.39, 0.29) is 0 Å². The summed E-state index contributed by atoms with van der Waals surface area (Å²) in [4.78, 5) is 12.6. The molecule has 6 nitrogen and oxygen atoms in total. The Morgan fingerprint density at radius 1 is 1.26 bits per heavy atom. The number of anilines is 2. The van der Waals surface area contributed by atoms with E-state index in [4.69, 9.17) is 16.3 Å². The summed E-state index contributed by atoms with van der Waals surface area (Å²) >= 11 is 9.31. The second-order valence-electron chi connectivity index (χ2n) is 5.78. The number of carbonyl (C=O) groups excluding carboxylic acids is 1. The Hall–Kier alpha value is -1.77. The van der Waals surface area contributed by atoms with Gasteiger partial charge in [-0.15, -0.1) is 0 Å². The molecule has 0 heterocycles.